The van der Waals surface area contributed by atoms with Crippen molar-refractivity contribution in [2.45, 2.75) is 134 Å². The molecule has 19 heteroatoms. The van der Waals surface area contributed by atoms with E-state index in [2.05, 4.69) is 42.8 Å². The minimum absolute atomic E-state index is 0.0491. The van der Waals surface area contributed by atoms with Crippen LogP contribution in [0.15, 0.2) is 72.8 Å². The lowest BCUT2D eigenvalue weighted by molar-refractivity contribution is -0.138. The number of methoxy groups -OCH3 is 2. The molecule has 4 unspecified atom stereocenters. The van der Waals surface area contributed by atoms with E-state index in [1.807, 2.05) is 30.3 Å². The summed E-state index contributed by atoms with van der Waals surface area (Å²) < 4.78 is 71.5. The molecule has 0 spiro atoms. The van der Waals surface area contributed by atoms with E-state index in [4.69, 9.17) is 9.47 Å². The fourth-order valence-corrected chi connectivity index (χ4v) is 15.4. The molecule has 424 valence electrons. The zero-order chi connectivity index (χ0) is 56.8. The Kier molecular flexibility index (Phi) is 14.4. The Morgan fingerprint density at radius 1 is 0.588 bits per heavy atom. The molecule has 6 aromatic rings. The molecule has 4 fully saturated rings. The molecule has 0 saturated heterocycles. The van der Waals surface area contributed by atoms with Gasteiger partial charge in [0.15, 0.2) is 0 Å². The second kappa shape index (κ2) is 20.8. The van der Waals surface area contributed by atoms with Crippen LogP contribution in [0.5, 0.6) is 11.5 Å². The molecule has 4 saturated carbocycles. The van der Waals surface area contributed by atoms with Gasteiger partial charge in [0.2, 0.25) is 0 Å². The first-order valence-electron chi connectivity index (χ1n) is 28.0. The molecule has 12 rings (SSSR count). The van der Waals surface area contributed by atoms with Crippen molar-refractivity contribution in [2.75, 3.05) is 42.4 Å². The van der Waals surface area contributed by atoms with E-state index < -0.39 is 43.6 Å². The molecule has 2 aliphatic heterocycles. The average molecular weight is 1130 g/mol. The molecule has 17 nitrogen and oxygen atoms in total. The number of hydrogen-bond acceptors (Lipinski definition) is 10. The van der Waals surface area contributed by atoms with Gasteiger partial charge in [-0.05, 0) is 152 Å². The molecule has 0 radical (unpaired) electrons. The van der Waals surface area contributed by atoms with Crippen molar-refractivity contribution in [3.05, 3.63) is 106 Å². The van der Waals surface area contributed by atoms with Crippen LogP contribution in [0.2, 0.25) is 0 Å². The van der Waals surface area contributed by atoms with Gasteiger partial charge in [-0.15, -0.1) is 0 Å². The van der Waals surface area contributed by atoms with Crippen LogP contribution in [-0.4, -0.2) is 106 Å². The van der Waals surface area contributed by atoms with Crippen LogP contribution in [0.4, 0.5) is 0 Å². The molecular formula is C61H72N6O11S2. The predicted octanol–water partition coefficient (Wildman–Crippen LogP) is 10.2. The summed E-state index contributed by atoms with van der Waals surface area (Å²) in [6.45, 7) is 2.85. The summed E-state index contributed by atoms with van der Waals surface area (Å²) in [6, 6.07) is 23.4. The number of ketones is 1. The second-order valence-corrected chi connectivity index (χ2v) is 27.6. The number of aliphatic carboxylic acids is 1. The summed E-state index contributed by atoms with van der Waals surface area (Å²) in [6.07, 6.45) is 13.7. The van der Waals surface area contributed by atoms with Gasteiger partial charge in [0, 0.05) is 103 Å². The first-order valence-corrected chi connectivity index (χ1v) is 30.9. The molecule has 2 amide bonds. The topological polar surface area (TPSA) is 216 Å². The zero-order valence-electron chi connectivity index (χ0n) is 46.7. The van der Waals surface area contributed by atoms with E-state index in [1.54, 1.807) is 39.3 Å². The number of carboxylic acids is 1. The lowest BCUT2D eigenvalue weighted by Crippen LogP contribution is -2.39. The first-order chi connectivity index (χ1) is 38.1. The van der Waals surface area contributed by atoms with Gasteiger partial charge in [-0.2, -0.15) is 25.4 Å². The van der Waals surface area contributed by atoms with Gasteiger partial charge in [0.1, 0.15) is 17.3 Å². The number of carbonyl (C=O) groups excluding carboxylic acids is 3. The number of benzene rings is 4. The summed E-state index contributed by atoms with van der Waals surface area (Å²) in [7, 11) is 0.935. The largest absolute Gasteiger partial charge is 0.497 e. The molecule has 6 aliphatic rings. The lowest BCUT2D eigenvalue weighted by Gasteiger charge is -2.24. The summed E-state index contributed by atoms with van der Waals surface area (Å²) in [5.74, 6) is 0.650. The van der Waals surface area contributed by atoms with Crippen LogP contribution in [0.1, 0.15) is 163 Å². The van der Waals surface area contributed by atoms with Crippen LogP contribution in [0, 0.1) is 10.8 Å². The Morgan fingerprint density at radius 2 is 0.988 bits per heavy atom. The van der Waals surface area contributed by atoms with E-state index in [0.29, 0.717) is 36.9 Å². The summed E-state index contributed by atoms with van der Waals surface area (Å²) in [4.78, 5) is 50.8. The highest BCUT2D eigenvalue weighted by Gasteiger charge is 2.59. The second-order valence-electron chi connectivity index (χ2n) is 23.9. The van der Waals surface area contributed by atoms with Crippen LogP contribution < -0.4 is 18.9 Å². The maximum absolute atomic E-state index is 13.1. The molecule has 2 aromatic heterocycles. The van der Waals surface area contributed by atoms with Gasteiger partial charge in [-0.1, -0.05) is 50.7 Å². The Labute approximate surface area is 468 Å². The van der Waals surface area contributed by atoms with E-state index >= 15 is 0 Å². The Balaban J connectivity index is 0.000000169. The molecule has 3 N–H and O–H groups in total. The Bertz CT molecular complexity index is 3510. The van der Waals surface area contributed by atoms with Crippen molar-refractivity contribution in [3.63, 3.8) is 0 Å². The van der Waals surface area contributed by atoms with Crippen molar-refractivity contribution in [2.24, 2.45) is 10.8 Å². The number of nitrogens with zero attached hydrogens (tertiary/aromatic N) is 4. The maximum Gasteiger partial charge on any atom is 0.303 e. The maximum atomic E-state index is 13.1. The Morgan fingerprint density at radius 3 is 1.35 bits per heavy atom. The number of ether oxygens (including phenoxy) is 2. The number of carbonyl (C=O) groups is 4. The van der Waals surface area contributed by atoms with E-state index in [1.165, 1.54) is 81.8 Å². The normalized spacial score (nSPS) is 22.3. The highest BCUT2D eigenvalue weighted by molar-refractivity contribution is 7.88. The predicted molar refractivity (Wildman–Crippen MR) is 307 cm³/mol. The molecule has 4 heterocycles. The minimum atomic E-state index is -3.96. The molecule has 0 bridgehead atoms. The molecular weight excluding hydrogens is 1060 g/mol. The van der Waals surface area contributed by atoms with Crippen molar-refractivity contribution in [3.8, 4) is 34.0 Å². The average Bonchev–Trinajstić information content (AvgIpc) is 4.33. The van der Waals surface area contributed by atoms with Crippen molar-refractivity contribution >= 4 is 65.8 Å². The third-order valence-corrected chi connectivity index (χ3v) is 21.2. The fraction of sp³-hybridized carbons (Fsp3) is 0.475. The van der Waals surface area contributed by atoms with Crippen LogP contribution in [0.3, 0.4) is 0 Å². The van der Waals surface area contributed by atoms with Gasteiger partial charge in [-0.25, -0.2) is 9.44 Å². The number of Topliss-reactive ketones (excluding diaryl/α,β-unsaturated/α-hetero) is 1. The number of aromatic nitrogens is 2. The fourth-order valence-electron chi connectivity index (χ4n) is 14.3. The monoisotopic (exact) mass is 1130 g/mol. The van der Waals surface area contributed by atoms with E-state index in [9.17, 15) is 41.1 Å². The summed E-state index contributed by atoms with van der Waals surface area (Å²) >= 11 is 0. The number of amides is 2. The van der Waals surface area contributed by atoms with Gasteiger partial charge < -0.3 is 28.5 Å². The van der Waals surface area contributed by atoms with E-state index in [-0.39, 0.29) is 35.0 Å². The van der Waals surface area contributed by atoms with Crippen LogP contribution >= 0.6 is 0 Å². The number of carboxylic acid groups (broad SMARTS) is 1. The lowest BCUT2D eigenvalue weighted by atomic mass is 9.81. The smallest absolute Gasteiger partial charge is 0.303 e. The zero-order valence-corrected chi connectivity index (χ0v) is 48.3. The number of hydrogen-bond donors (Lipinski definition) is 3. The number of fused-ring (bicyclic) bond motifs is 14. The number of nitrogens with one attached hydrogen (secondary N) is 2. The van der Waals surface area contributed by atoms with Crippen molar-refractivity contribution in [1.29, 1.82) is 0 Å². The Hall–Kier alpha value is -6.54. The molecule has 80 heavy (non-hydrogen) atoms. The van der Waals surface area contributed by atoms with Crippen molar-refractivity contribution in [1.82, 2.24) is 27.2 Å². The standard InChI is InChI=1S/C31H37N3O5S.C30H35N3O6S/c1-19(35)16-31-17-26(31)25-15-22(39-4)11-13-23(25)29-28(20-8-6-5-7-9-20)24-12-10-21(14-27(24)34(29)18-31)30(36)32-40(37,38)33(2)3;1-32(2)40(37,38)31-29(36)19-9-11-22-25(13-19)33-17-30(16-26(34)35)15-24(30)23-14-20(39-3)10-12-21(23)28(33)27(22)18-7-5-4-6-8-18/h10-15,20,26H,5-9,16-18H2,1-4H3,(H,32,36);9-14,18,24H,4-8,15-17H2,1-3H3,(H,31,36)(H,34,35). The highest BCUT2D eigenvalue weighted by Crippen LogP contribution is 2.68. The van der Waals surface area contributed by atoms with Gasteiger partial charge in [-0.3, -0.25) is 14.4 Å². The highest BCUT2D eigenvalue weighted by atomic mass is 32.2. The van der Waals surface area contributed by atoms with Gasteiger partial charge >= 0.3 is 26.4 Å². The van der Waals surface area contributed by atoms with Gasteiger partial charge in [0.05, 0.1) is 32.0 Å². The molecule has 4 aromatic carbocycles. The van der Waals surface area contributed by atoms with Crippen LogP contribution in [0.25, 0.3) is 44.3 Å². The molecule has 4 atom stereocenters. The minimum Gasteiger partial charge on any atom is -0.497 e. The first kappa shape index (κ1) is 55.4. The van der Waals surface area contributed by atoms with Crippen molar-refractivity contribution < 1.29 is 50.6 Å². The quantitative estimate of drug-likeness (QED) is 0.0933. The number of rotatable bonds is 14. The van der Waals surface area contributed by atoms with Crippen LogP contribution in [-0.2, 0) is 43.1 Å². The van der Waals surface area contributed by atoms with Gasteiger partial charge in [0.25, 0.3) is 11.8 Å². The third kappa shape index (κ3) is 9.88. The third-order valence-electron chi connectivity index (χ3n) is 18.4. The van der Waals surface area contributed by atoms with E-state index in [0.717, 1.165) is 110 Å². The molecule has 4 aliphatic carbocycles. The SMILES string of the molecule is COc1ccc2c(c1)C1CC1(CC(=O)O)Cn1c-2c(C2CCCCC2)c2ccc(C(=O)NS(=O)(=O)N(C)C)cc21.COc1ccc2c(c1)C1CC1(CC(C)=O)Cn1c-2c(C2CCCCC2)c2ccc(C(=O)NS(=O)(=O)N(C)C)cc21. The summed E-state index contributed by atoms with van der Waals surface area (Å²) in [5, 5.41) is 12.0. The summed E-state index contributed by atoms with van der Waals surface area (Å²) in [5.41, 5.74) is 11.1.